The van der Waals surface area contributed by atoms with Crippen LogP contribution in [-0.2, 0) is 0 Å². The maximum absolute atomic E-state index is 12.7. The van der Waals surface area contributed by atoms with Crippen LogP contribution in [-0.4, -0.2) is 36.4 Å². The highest BCUT2D eigenvalue weighted by molar-refractivity contribution is 6.06. The van der Waals surface area contributed by atoms with E-state index in [0.29, 0.717) is 29.2 Å². The molecule has 1 heterocycles. The summed E-state index contributed by atoms with van der Waals surface area (Å²) in [5.41, 5.74) is 1.82. The molecule has 5 heteroatoms. The number of para-hydroxylation sites is 1. The Morgan fingerprint density at radius 1 is 1.00 bits per heavy atom. The summed E-state index contributed by atoms with van der Waals surface area (Å²) >= 11 is 0. The van der Waals surface area contributed by atoms with Gasteiger partial charge in [-0.3, -0.25) is 9.59 Å². The predicted molar refractivity (Wildman–Crippen MR) is 111 cm³/mol. The molecule has 0 spiro atoms. The number of rotatable bonds is 8. The van der Waals surface area contributed by atoms with E-state index in [0.717, 1.165) is 45.2 Å². The number of nitrogens with zero attached hydrogens (tertiary/aromatic N) is 1. The van der Waals surface area contributed by atoms with Crippen LogP contribution in [0.25, 0.3) is 0 Å². The van der Waals surface area contributed by atoms with Crippen LogP contribution >= 0.6 is 0 Å². The minimum absolute atomic E-state index is 0.0567. The quantitative estimate of drug-likeness (QED) is 0.673. The second kappa shape index (κ2) is 9.93. The van der Waals surface area contributed by atoms with Gasteiger partial charge in [-0.1, -0.05) is 31.9 Å². The highest BCUT2D eigenvalue weighted by Crippen LogP contribution is 2.21. The van der Waals surface area contributed by atoms with Crippen LogP contribution in [0, 0.1) is 0 Å². The number of hydrogen-bond donors (Lipinski definition) is 1. The van der Waals surface area contributed by atoms with Gasteiger partial charge in [0, 0.05) is 24.3 Å². The van der Waals surface area contributed by atoms with Gasteiger partial charge in [-0.25, -0.2) is 0 Å². The molecule has 0 bridgehead atoms. The molecule has 0 aromatic heterocycles. The number of carbonyl (C=O) groups is 2. The lowest BCUT2D eigenvalue weighted by atomic mass is 10.1. The zero-order valence-electron chi connectivity index (χ0n) is 16.4. The zero-order chi connectivity index (χ0) is 19.8. The Morgan fingerprint density at radius 2 is 1.71 bits per heavy atom. The molecule has 2 aromatic carbocycles. The van der Waals surface area contributed by atoms with E-state index in [1.54, 1.807) is 30.3 Å². The third-order valence-electron chi connectivity index (χ3n) is 4.92. The molecule has 1 aliphatic rings. The van der Waals surface area contributed by atoms with Crippen molar-refractivity contribution in [3.63, 3.8) is 0 Å². The van der Waals surface area contributed by atoms with Crippen molar-refractivity contribution in [1.29, 1.82) is 0 Å². The average Bonchev–Trinajstić information content (AvgIpc) is 3.26. The van der Waals surface area contributed by atoms with Crippen molar-refractivity contribution >= 4 is 17.5 Å². The van der Waals surface area contributed by atoms with Gasteiger partial charge in [-0.2, -0.15) is 0 Å². The second-order valence-corrected chi connectivity index (χ2v) is 7.08. The standard InChI is InChI=1S/C23H28N2O3/c1-2-3-8-17-28-21-10-5-4-9-20(21)22(26)24-19-13-11-18(12-14-19)23(27)25-15-6-7-16-25/h4-5,9-14H,2-3,6-8,15-17H2,1H3,(H,24,26). The number of nitrogens with one attached hydrogen (secondary N) is 1. The van der Waals surface area contributed by atoms with Gasteiger partial charge < -0.3 is 15.0 Å². The van der Waals surface area contributed by atoms with Crippen molar-refractivity contribution in [2.24, 2.45) is 0 Å². The van der Waals surface area contributed by atoms with Crippen LogP contribution < -0.4 is 10.1 Å². The lowest BCUT2D eigenvalue weighted by Crippen LogP contribution is -2.27. The van der Waals surface area contributed by atoms with Gasteiger partial charge in [0.05, 0.1) is 12.2 Å². The van der Waals surface area contributed by atoms with Crippen molar-refractivity contribution < 1.29 is 14.3 Å². The summed E-state index contributed by atoms with van der Waals surface area (Å²) in [6.45, 7) is 4.40. The van der Waals surface area contributed by atoms with Crippen LogP contribution in [0.15, 0.2) is 48.5 Å². The smallest absolute Gasteiger partial charge is 0.259 e. The Labute approximate surface area is 166 Å². The zero-order valence-corrected chi connectivity index (χ0v) is 16.4. The molecule has 0 saturated carbocycles. The lowest BCUT2D eigenvalue weighted by molar-refractivity contribution is 0.0792. The van der Waals surface area contributed by atoms with Gasteiger partial charge in [0.25, 0.3) is 11.8 Å². The topological polar surface area (TPSA) is 58.6 Å². The summed E-state index contributed by atoms with van der Waals surface area (Å²) in [5.74, 6) is 0.433. The van der Waals surface area contributed by atoms with E-state index in [2.05, 4.69) is 12.2 Å². The largest absolute Gasteiger partial charge is 0.493 e. The third-order valence-corrected chi connectivity index (χ3v) is 4.92. The first kappa shape index (κ1) is 19.9. The van der Waals surface area contributed by atoms with Gasteiger partial charge in [0.2, 0.25) is 0 Å². The number of amides is 2. The number of likely N-dealkylation sites (tertiary alicyclic amines) is 1. The third kappa shape index (κ3) is 5.12. The molecule has 5 nitrogen and oxygen atoms in total. The van der Waals surface area contributed by atoms with E-state index >= 15 is 0 Å². The molecule has 0 aliphatic carbocycles. The number of benzene rings is 2. The van der Waals surface area contributed by atoms with Crippen molar-refractivity contribution in [2.45, 2.75) is 39.0 Å². The maximum Gasteiger partial charge on any atom is 0.259 e. The summed E-state index contributed by atoms with van der Waals surface area (Å²) in [5, 5.41) is 2.89. The molecule has 1 saturated heterocycles. The second-order valence-electron chi connectivity index (χ2n) is 7.08. The van der Waals surface area contributed by atoms with E-state index in [1.165, 1.54) is 0 Å². The molecule has 148 valence electrons. The van der Waals surface area contributed by atoms with Crippen LogP contribution in [0.3, 0.4) is 0 Å². The molecule has 0 unspecified atom stereocenters. The van der Waals surface area contributed by atoms with Crippen LogP contribution in [0.5, 0.6) is 5.75 Å². The minimum Gasteiger partial charge on any atom is -0.493 e. The molecule has 1 aliphatic heterocycles. The number of anilines is 1. The average molecular weight is 380 g/mol. The predicted octanol–water partition coefficient (Wildman–Crippen LogP) is 4.74. The van der Waals surface area contributed by atoms with Crippen molar-refractivity contribution in [3.8, 4) is 5.75 Å². The fourth-order valence-corrected chi connectivity index (χ4v) is 3.31. The van der Waals surface area contributed by atoms with E-state index in [1.807, 2.05) is 23.1 Å². The Hall–Kier alpha value is -2.82. The molecular formula is C23H28N2O3. The lowest BCUT2D eigenvalue weighted by Gasteiger charge is -2.15. The van der Waals surface area contributed by atoms with E-state index in [4.69, 9.17) is 4.74 Å². The number of unbranched alkanes of at least 4 members (excludes halogenated alkanes) is 2. The highest BCUT2D eigenvalue weighted by Gasteiger charge is 2.19. The molecule has 1 fully saturated rings. The number of carbonyl (C=O) groups excluding carboxylic acids is 2. The van der Waals surface area contributed by atoms with Gasteiger partial charge in [-0.05, 0) is 55.7 Å². The summed E-state index contributed by atoms with van der Waals surface area (Å²) in [6.07, 6.45) is 5.34. The molecule has 0 atom stereocenters. The van der Waals surface area contributed by atoms with Gasteiger partial charge in [0.15, 0.2) is 0 Å². The van der Waals surface area contributed by atoms with Crippen LogP contribution in [0.2, 0.25) is 0 Å². The molecule has 28 heavy (non-hydrogen) atoms. The van der Waals surface area contributed by atoms with Gasteiger partial charge in [-0.15, -0.1) is 0 Å². The summed E-state index contributed by atoms with van der Waals surface area (Å²) < 4.78 is 5.79. The van der Waals surface area contributed by atoms with E-state index in [-0.39, 0.29) is 11.8 Å². The molecule has 3 rings (SSSR count). The van der Waals surface area contributed by atoms with Crippen LogP contribution in [0.1, 0.15) is 59.7 Å². The first-order valence-electron chi connectivity index (χ1n) is 10.1. The van der Waals surface area contributed by atoms with Gasteiger partial charge >= 0.3 is 0 Å². The molecule has 2 amide bonds. The normalized spacial score (nSPS) is 13.4. The number of hydrogen-bond acceptors (Lipinski definition) is 3. The summed E-state index contributed by atoms with van der Waals surface area (Å²) in [6, 6.07) is 14.3. The number of ether oxygens (including phenoxy) is 1. The fraction of sp³-hybridized carbons (Fsp3) is 0.391. The monoisotopic (exact) mass is 380 g/mol. The molecule has 1 N–H and O–H groups in total. The summed E-state index contributed by atoms with van der Waals surface area (Å²) in [7, 11) is 0. The van der Waals surface area contributed by atoms with Crippen molar-refractivity contribution in [3.05, 3.63) is 59.7 Å². The Balaban J connectivity index is 1.62. The van der Waals surface area contributed by atoms with Gasteiger partial charge in [0.1, 0.15) is 5.75 Å². The first-order valence-corrected chi connectivity index (χ1v) is 10.1. The summed E-state index contributed by atoms with van der Waals surface area (Å²) in [4.78, 5) is 27.0. The van der Waals surface area contributed by atoms with Crippen molar-refractivity contribution in [1.82, 2.24) is 4.90 Å². The SMILES string of the molecule is CCCCCOc1ccccc1C(=O)Nc1ccc(C(=O)N2CCCC2)cc1. The fourth-order valence-electron chi connectivity index (χ4n) is 3.31. The van der Waals surface area contributed by atoms with E-state index in [9.17, 15) is 9.59 Å². The Kier molecular flexibility index (Phi) is 7.06. The maximum atomic E-state index is 12.7. The molecular weight excluding hydrogens is 352 g/mol. The molecule has 0 radical (unpaired) electrons. The van der Waals surface area contributed by atoms with Crippen LogP contribution in [0.4, 0.5) is 5.69 Å². The molecule has 2 aromatic rings. The Morgan fingerprint density at radius 3 is 2.43 bits per heavy atom. The first-order chi connectivity index (χ1) is 13.7. The van der Waals surface area contributed by atoms with E-state index < -0.39 is 0 Å². The van der Waals surface area contributed by atoms with Crippen molar-refractivity contribution in [2.75, 3.05) is 25.0 Å². The Bertz CT molecular complexity index is 796. The highest BCUT2D eigenvalue weighted by atomic mass is 16.5. The minimum atomic E-state index is -0.218.